The SMILES string of the molecule is CC(=O)CC(=O)[O-].CC(=O)CC(=O)[O-].[O-]c1ccccc1.[O-]c1ccccc1.[Ti+4]. The Balaban J connectivity index is -0.000000307. The van der Waals surface area contributed by atoms with Crippen LogP contribution in [0.1, 0.15) is 26.7 Å². The predicted octanol–water partition coefficient (Wildman–Crippen LogP) is -1.05. The molecule has 0 N–H and O–H groups in total. The van der Waals surface area contributed by atoms with Gasteiger partial charge in [-0.2, -0.15) is 0 Å². The fourth-order valence-corrected chi connectivity index (χ4v) is 1.25. The minimum absolute atomic E-state index is 0. The van der Waals surface area contributed by atoms with E-state index in [2.05, 4.69) is 0 Å². The topological polar surface area (TPSA) is 161 Å². The van der Waals surface area contributed by atoms with E-state index in [1.54, 1.807) is 24.3 Å². The number of para-hydroxylation sites is 2. The number of carbonyl (C=O) groups excluding carboxylic acids is 4. The summed E-state index contributed by atoms with van der Waals surface area (Å²) in [6.07, 6.45) is -0.944. The van der Waals surface area contributed by atoms with E-state index >= 15 is 0 Å². The van der Waals surface area contributed by atoms with Crippen molar-refractivity contribution in [3.8, 4) is 11.5 Å². The van der Waals surface area contributed by atoms with Crippen molar-refractivity contribution in [2.45, 2.75) is 26.7 Å². The molecule has 0 aliphatic rings. The number of benzene rings is 2. The summed E-state index contributed by atoms with van der Waals surface area (Å²) < 4.78 is 0. The van der Waals surface area contributed by atoms with Gasteiger partial charge in [0.05, 0.1) is 0 Å². The van der Waals surface area contributed by atoms with E-state index in [1.807, 2.05) is 12.1 Å². The second-order valence-corrected chi connectivity index (χ2v) is 5.13. The van der Waals surface area contributed by atoms with Gasteiger partial charge in [-0.3, -0.25) is 9.59 Å². The molecule has 2 rings (SSSR count). The van der Waals surface area contributed by atoms with Crippen molar-refractivity contribution in [1.82, 2.24) is 0 Å². The van der Waals surface area contributed by atoms with E-state index in [1.165, 1.54) is 38.1 Å². The van der Waals surface area contributed by atoms with Gasteiger partial charge in [-0.05, 0) is 13.8 Å². The molecule has 0 saturated heterocycles. The Kier molecular flexibility index (Phi) is 21.0. The molecule has 0 bridgehead atoms. The summed E-state index contributed by atoms with van der Waals surface area (Å²) in [6, 6.07) is 16.7. The number of hydrogen-bond donors (Lipinski definition) is 0. The molecule has 0 atom stereocenters. The van der Waals surface area contributed by atoms with Gasteiger partial charge in [0, 0.05) is 24.8 Å². The van der Waals surface area contributed by atoms with Crippen LogP contribution < -0.4 is 20.4 Å². The Morgan fingerprint density at radius 1 is 0.621 bits per heavy atom. The third kappa shape index (κ3) is 30.0. The maximum Gasteiger partial charge on any atom is 4.00 e. The summed E-state index contributed by atoms with van der Waals surface area (Å²) >= 11 is 0. The minimum atomic E-state index is -1.31. The second kappa shape index (κ2) is 19.8. The van der Waals surface area contributed by atoms with E-state index in [0.717, 1.165) is 0 Å². The number of carboxylic acid groups (broad SMARTS) is 2. The van der Waals surface area contributed by atoms with Crippen LogP contribution in [0.2, 0.25) is 0 Å². The van der Waals surface area contributed by atoms with Crippen LogP contribution in [0.5, 0.6) is 11.5 Å². The third-order valence-corrected chi connectivity index (χ3v) is 2.27. The number of hydrogen-bond acceptors (Lipinski definition) is 8. The quantitative estimate of drug-likeness (QED) is 0.433. The fraction of sp³-hybridized carbons (Fsp3) is 0.200. The van der Waals surface area contributed by atoms with Crippen LogP contribution in [0.4, 0.5) is 0 Å². The van der Waals surface area contributed by atoms with Crippen LogP contribution in [0.15, 0.2) is 60.7 Å². The number of carboxylic acids is 2. The van der Waals surface area contributed by atoms with Crippen LogP contribution in [-0.2, 0) is 40.9 Å². The van der Waals surface area contributed by atoms with Crippen molar-refractivity contribution in [1.29, 1.82) is 0 Å². The maximum absolute atomic E-state index is 10.3. The zero-order chi connectivity index (χ0) is 21.9. The molecule has 2 aromatic carbocycles. The standard InChI is InChI=1S/2C6H6O.2C4H6O3.Ti/c2*7-6-4-2-1-3-5-6;2*1-3(5)2-4(6)7;/h2*1-5,7H;2*2H2,1H3,(H,6,7);/q;;;;+4/p-4. The van der Waals surface area contributed by atoms with E-state index < -0.39 is 24.8 Å². The molecule has 2 aromatic rings. The fourth-order valence-electron chi connectivity index (χ4n) is 1.25. The van der Waals surface area contributed by atoms with E-state index in [0.29, 0.717) is 0 Å². The first-order valence-electron chi connectivity index (χ1n) is 7.87. The van der Waals surface area contributed by atoms with E-state index in [-0.39, 0.29) is 44.8 Å². The maximum atomic E-state index is 10.3. The molecule has 9 heteroatoms. The van der Waals surface area contributed by atoms with Crippen molar-refractivity contribution in [3.63, 3.8) is 0 Å². The van der Waals surface area contributed by atoms with E-state index in [4.69, 9.17) is 0 Å². The van der Waals surface area contributed by atoms with Crippen LogP contribution in [-0.4, -0.2) is 23.5 Å². The van der Waals surface area contributed by atoms with Gasteiger partial charge in [-0.1, -0.05) is 60.7 Å². The van der Waals surface area contributed by atoms with Gasteiger partial charge < -0.3 is 30.0 Å². The molecule has 0 spiro atoms. The first-order chi connectivity index (χ1) is 13.0. The Morgan fingerprint density at radius 3 is 0.931 bits per heavy atom. The third-order valence-electron chi connectivity index (χ3n) is 2.27. The summed E-state index contributed by atoms with van der Waals surface area (Å²) in [5.41, 5.74) is 0. The van der Waals surface area contributed by atoms with Crippen LogP contribution in [0.25, 0.3) is 0 Å². The molecule has 8 nitrogen and oxygen atoms in total. The van der Waals surface area contributed by atoms with Gasteiger partial charge in [0.25, 0.3) is 0 Å². The van der Waals surface area contributed by atoms with Crippen molar-refractivity contribution < 1.29 is 61.3 Å². The zero-order valence-corrected chi connectivity index (χ0v) is 17.5. The van der Waals surface area contributed by atoms with E-state index in [9.17, 15) is 39.6 Å². The summed E-state index contributed by atoms with van der Waals surface area (Å²) in [5.74, 6) is -3.23. The minimum Gasteiger partial charge on any atom is -0.872 e. The van der Waals surface area contributed by atoms with Crippen molar-refractivity contribution in [2.24, 2.45) is 0 Å². The Bertz CT molecular complexity index is 630. The molecule has 0 radical (unpaired) electrons. The van der Waals surface area contributed by atoms with Crippen LogP contribution >= 0.6 is 0 Å². The second-order valence-electron chi connectivity index (χ2n) is 5.13. The summed E-state index contributed by atoms with van der Waals surface area (Å²) in [4.78, 5) is 38.6. The van der Waals surface area contributed by atoms with Gasteiger partial charge >= 0.3 is 21.7 Å². The van der Waals surface area contributed by atoms with Gasteiger partial charge in [-0.25, -0.2) is 0 Å². The molecule has 29 heavy (non-hydrogen) atoms. The van der Waals surface area contributed by atoms with Crippen LogP contribution in [0.3, 0.4) is 0 Å². The molecule has 0 amide bonds. The number of carbonyl (C=O) groups is 4. The average molecular weight is 436 g/mol. The summed E-state index contributed by atoms with van der Waals surface area (Å²) in [5, 5.41) is 39.5. The van der Waals surface area contributed by atoms with Gasteiger partial charge in [-0.15, -0.1) is 11.5 Å². The molecule has 0 saturated carbocycles. The van der Waals surface area contributed by atoms with Gasteiger partial charge in [0.15, 0.2) is 0 Å². The smallest absolute Gasteiger partial charge is 0.872 e. The largest absolute Gasteiger partial charge is 4.00 e. The monoisotopic (exact) mass is 436 g/mol. The molecule has 0 fully saturated rings. The Hall–Kier alpha value is -2.97. The van der Waals surface area contributed by atoms with Crippen LogP contribution in [0, 0.1) is 0 Å². The molecule has 0 heterocycles. The molecule has 0 unspecified atom stereocenters. The first-order valence-corrected chi connectivity index (χ1v) is 7.87. The number of aliphatic carboxylic acids is 2. The molecule has 0 aromatic heterocycles. The predicted molar refractivity (Wildman–Crippen MR) is 92.4 cm³/mol. The molecular formula is C20H20O8Ti. The molecule has 0 aliphatic carbocycles. The van der Waals surface area contributed by atoms with Crippen molar-refractivity contribution in [3.05, 3.63) is 60.7 Å². The van der Waals surface area contributed by atoms with Gasteiger partial charge in [0.2, 0.25) is 0 Å². The number of Topliss-reactive ketones (excluding diaryl/α,β-unsaturated/α-hetero) is 2. The average Bonchev–Trinajstić information content (AvgIpc) is 2.55. The molecule has 152 valence electrons. The Labute approximate surface area is 183 Å². The van der Waals surface area contributed by atoms with Crippen molar-refractivity contribution >= 4 is 23.5 Å². The molecule has 0 aliphatic heterocycles. The van der Waals surface area contributed by atoms with Crippen molar-refractivity contribution in [2.75, 3.05) is 0 Å². The zero-order valence-electron chi connectivity index (χ0n) is 16.0. The normalized spacial score (nSPS) is 8.07. The Morgan fingerprint density at radius 2 is 0.862 bits per heavy atom. The summed E-state index contributed by atoms with van der Waals surface area (Å²) in [6.45, 7) is 2.41. The number of rotatable bonds is 4. The molecular weight excluding hydrogens is 416 g/mol. The van der Waals surface area contributed by atoms with Gasteiger partial charge in [0.1, 0.15) is 11.6 Å². The number of ketones is 2. The summed E-state index contributed by atoms with van der Waals surface area (Å²) in [7, 11) is 0. The first kappa shape index (κ1) is 30.8.